The normalized spacial score (nSPS) is 16.9. The van der Waals surface area contributed by atoms with E-state index in [1.54, 1.807) is 0 Å². The van der Waals surface area contributed by atoms with Gasteiger partial charge in [0, 0.05) is 38.3 Å². The molecule has 0 aromatic heterocycles. The predicted molar refractivity (Wildman–Crippen MR) is 204 cm³/mol. The summed E-state index contributed by atoms with van der Waals surface area (Å²) in [5.74, 6) is -4.59. The molecule has 1 saturated carbocycles. The van der Waals surface area contributed by atoms with Crippen LogP contribution in [0.5, 0.6) is 0 Å². The summed E-state index contributed by atoms with van der Waals surface area (Å²) in [6.45, 7) is 1.36. The number of unbranched alkanes of at least 4 members (excludes halogenated alkanes) is 3. The highest BCUT2D eigenvalue weighted by Gasteiger charge is 2.30. The number of carbonyl (C=O) groups is 7. The molecule has 0 radical (unpaired) electrons. The lowest BCUT2D eigenvalue weighted by Crippen LogP contribution is -2.51. The molecule has 16 heteroatoms. The zero-order valence-corrected chi connectivity index (χ0v) is 31.2. The van der Waals surface area contributed by atoms with Gasteiger partial charge in [0.25, 0.3) is 0 Å². The lowest BCUT2D eigenvalue weighted by molar-refractivity contribution is -0.141. The first-order chi connectivity index (χ1) is 26.4. The van der Waals surface area contributed by atoms with E-state index in [4.69, 9.17) is 10.8 Å². The van der Waals surface area contributed by atoms with Gasteiger partial charge in [-0.25, -0.2) is 14.4 Å². The highest BCUT2D eigenvalue weighted by molar-refractivity contribution is 5.89. The van der Waals surface area contributed by atoms with Crippen molar-refractivity contribution in [3.63, 3.8) is 0 Å². The van der Waals surface area contributed by atoms with Crippen molar-refractivity contribution in [1.82, 2.24) is 26.6 Å². The summed E-state index contributed by atoms with van der Waals surface area (Å²) in [5, 5.41) is 42.8. The van der Waals surface area contributed by atoms with Gasteiger partial charge in [-0.05, 0) is 93.0 Å². The quantitative estimate of drug-likeness (QED) is 0.0701. The molecule has 0 aliphatic heterocycles. The molecule has 2 aromatic rings. The van der Waals surface area contributed by atoms with Crippen LogP contribution >= 0.6 is 0 Å². The smallest absolute Gasteiger partial charge is 0.326 e. The molecule has 302 valence electrons. The Kier molecular flexibility index (Phi) is 18.9. The number of aliphatic carboxylic acids is 3. The monoisotopic (exact) mass is 768 g/mol. The topological polar surface area (TPSA) is 266 Å². The van der Waals surface area contributed by atoms with Crippen molar-refractivity contribution in [3.8, 4) is 0 Å². The number of hydrogen-bond donors (Lipinski definition) is 9. The van der Waals surface area contributed by atoms with E-state index in [2.05, 4.69) is 26.6 Å². The standard InChI is InChI=1S/C39H56N6O10/c40-20-6-1-2-11-33(46)42-24-25-12-16-28(17-13-25)35(49)43-32(23-26-14-15-27-8-3-4-9-29(27)22-26)36(50)41-21-7-5-10-30(37(51)52)44-39(55)45-31(38(53)54)18-19-34(47)48/h3-4,8-9,14-15,22,25,28,30-32H,1-2,5-7,10-13,16-21,23-24,40H2,(H,41,50)(H,42,46)(H,43,49)(H,47,48)(H,51,52)(H,53,54)(H2,44,45,55)/t25-,28-,30-,31-,32-/m0/s1. The number of urea groups is 1. The summed E-state index contributed by atoms with van der Waals surface area (Å²) in [4.78, 5) is 85.5. The fraction of sp³-hybridized carbons (Fsp3) is 0.564. The summed E-state index contributed by atoms with van der Waals surface area (Å²) >= 11 is 0. The van der Waals surface area contributed by atoms with Crippen LogP contribution in [0.15, 0.2) is 42.5 Å². The van der Waals surface area contributed by atoms with Gasteiger partial charge in [-0.15, -0.1) is 0 Å². The van der Waals surface area contributed by atoms with Gasteiger partial charge in [0.05, 0.1) is 0 Å². The van der Waals surface area contributed by atoms with Crippen LogP contribution in [0.1, 0.15) is 89.0 Å². The second-order valence-electron chi connectivity index (χ2n) is 14.2. The molecule has 0 spiro atoms. The number of carboxylic acid groups (broad SMARTS) is 3. The van der Waals surface area contributed by atoms with E-state index in [0.717, 1.165) is 48.4 Å². The maximum atomic E-state index is 13.5. The Morgan fingerprint density at radius 3 is 2.02 bits per heavy atom. The van der Waals surface area contributed by atoms with Crippen LogP contribution in [0.2, 0.25) is 0 Å². The number of benzene rings is 2. The molecule has 1 aliphatic rings. The first kappa shape index (κ1) is 44.1. The number of rotatable bonds is 24. The Bertz CT molecular complexity index is 1610. The van der Waals surface area contributed by atoms with Crippen LogP contribution in [-0.2, 0) is 35.2 Å². The molecule has 0 saturated heterocycles. The predicted octanol–water partition coefficient (Wildman–Crippen LogP) is 2.67. The third kappa shape index (κ3) is 16.3. The van der Waals surface area contributed by atoms with Crippen LogP contribution in [0, 0.1) is 11.8 Å². The highest BCUT2D eigenvalue weighted by Crippen LogP contribution is 2.29. The first-order valence-corrected chi connectivity index (χ1v) is 19.1. The minimum absolute atomic E-state index is 0.0239. The molecule has 3 atom stereocenters. The van der Waals surface area contributed by atoms with Gasteiger partial charge in [-0.2, -0.15) is 0 Å². The average Bonchev–Trinajstić information content (AvgIpc) is 3.16. The van der Waals surface area contributed by atoms with E-state index in [-0.39, 0.29) is 55.9 Å². The van der Waals surface area contributed by atoms with E-state index >= 15 is 0 Å². The number of nitrogens with one attached hydrogen (secondary N) is 5. The van der Waals surface area contributed by atoms with Crippen molar-refractivity contribution in [2.75, 3.05) is 19.6 Å². The van der Waals surface area contributed by atoms with Crippen LogP contribution in [0.3, 0.4) is 0 Å². The van der Waals surface area contributed by atoms with Crippen LogP contribution in [0.4, 0.5) is 4.79 Å². The summed E-state index contributed by atoms with van der Waals surface area (Å²) in [5.41, 5.74) is 6.38. The molecule has 0 bridgehead atoms. The Morgan fingerprint density at radius 1 is 0.691 bits per heavy atom. The third-order valence-corrected chi connectivity index (χ3v) is 9.87. The molecular formula is C39H56N6O10. The van der Waals surface area contributed by atoms with E-state index in [1.807, 2.05) is 42.5 Å². The van der Waals surface area contributed by atoms with Crippen molar-refractivity contribution >= 4 is 52.4 Å². The number of amides is 5. The lowest BCUT2D eigenvalue weighted by Gasteiger charge is -2.29. The summed E-state index contributed by atoms with van der Waals surface area (Å²) in [6, 6.07) is 8.90. The van der Waals surface area contributed by atoms with Crippen LogP contribution in [-0.4, -0.2) is 94.7 Å². The maximum Gasteiger partial charge on any atom is 0.326 e. The van der Waals surface area contributed by atoms with Gasteiger partial charge in [0.2, 0.25) is 17.7 Å². The van der Waals surface area contributed by atoms with E-state index in [1.165, 1.54) is 0 Å². The Labute approximate surface area is 320 Å². The van der Waals surface area contributed by atoms with Crippen LogP contribution in [0.25, 0.3) is 10.8 Å². The molecule has 55 heavy (non-hydrogen) atoms. The van der Waals surface area contributed by atoms with Gasteiger partial charge >= 0.3 is 23.9 Å². The van der Waals surface area contributed by atoms with Crippen molar-refractivity contribution in [1.29, 1.82) is 0 Å². The molecular weight excluding hydrogens is 712 g/mol. The lowest BCUT2D eigenvalue weighted by atomic mass is 9.81. The van der Waals surface area contributed by atoms with Crippen LogP contribution < -0.4 is 32.3 Å². The van der Waals surface area contributed by atoms with Gasteiger partial charge in [0.15, 0.2) is 0 Å². The minimum Gasteiger partial charge on any atom is -0.481 e. The van der Waals surface area contributed by atoms with E-state index in [9.17, 15) is 43.8 Å². The van der Waals surface area contributed by atoms with Gasteiger partial charge < -0.3 is 47.6 Å². The number of nitrogens with two attached hydrogens (primary N) is 1. The van der Waals surface area contributed by atoms with Gasteiger partial charge in [-0.3, -0.25) is 19.2 Å². The second-order valence-corrected chi connectivity index (χ2v) is 14.2. The maximum absolute atomic E-state index is 13.5. The molecule has 3 rings (SSSR count). The van der Waals surface area contributed by atoms with Crippen molar-refractivity contribution in [2.24, 2.45) is 17.6 Å². The molecule has 0 heterocycles. The first-order valence-electron chi connectivity index (χ1n) is 19.1. The van der Waals surface area contributed by atoms with Crippen molar-refractivity contribution in [2.45, 2.75) is 108 Å². The van der Waals surface area contributed by atoms with Gasteiger partial charge in [-0.1, -0.05) is 48.9 Å². The SMILES string of the molecule is NCCCCCC(=O)NC[C@H]1CC[C@H](C(=O)N[C@@H](Cc2ccc3ccccc3c2)C(=O)NCCCC[C@H](NC(=O)N[C@@H](CCC(=O)O)C(=O)O)C(=O)O)CC1. The average molecular weight is 769 g/mol. The zero-order valence-electron chi connectivity index (χ0n) is 31.2. The molecule has 10 N–H and O–H groups in total. The largest absolute Gasteiger partial charge is 0.481 e. The molecule has 2 aromatic carbocycles. The van der Waals surface area contributed by atoms with Crippen molar-refractivity contribution < 1.29 is 48.9 Å². The molecule has 1 aliphatic carbocycles. The number of carboxylic acids is 3. The molecule has 0 unspecified atom stereocenters. The summed E-state index contributed by atoms with van der Waals surface area (Å²) in [6.07, 6.45) is 5.94. The zero-order chi connectivity index (χ0) is 40.2. The third-order valence-electron chi connectivity index (χ3n) is 9.87. The highest BCUT2D eigenvalue weighted by atomic mass is 16.4. The second kappa shape index (κ2) is 23.5. The van der Waals surface area contributed by atoms with E-state index < -0.39 is 54.4 Å². The minimum atomic E-state index is -1.51. The molecule has 5 amide bonds. The number of carbonyl (C=O) groups excluding carboxylic acids is 4. The molecule has 1 fully saturated rings. The van der Waals surface area contributed by atoms with E-state index in [0.29, 0.717) is 38.8 Å². The summed E-state index contributed by atoms with van der Waals surface area (Å²) < 4.78 is 0. The number of hydrogen-bond acceptors (Lipinski definition) is 8. The summed E-state index contributed by atoms with van der Waals surface area (Å²) in [7, 11) is 0. The van der Waals surface area contributed by atoms with Gasteiger partial charge in [0.1, 0.15) is 18.1 Å². The Balaban J connectivity index is 1.52. The Hall–Kier alpha value is -5.25. The molecule has 16 nitrogen and oxygen atoms in total. The fourth-order valence-corrected chi connectivity index (χ4v) is 6.63. The Morgan fingerprint density at radius 2 is 1.36 bits per heavy atom. The fourth-order valence-electron chi connectivity index (χ4n) is 6.63. The van der Waals surface area contributed by atoms with Crippen molar-refractivity contribution in [3.05, 3.63) is 48.0 Å². The number of fused-ring (bicyclic) bond motifs is 1.